The van der Waals surface area contributed by atoms with Gasteiger partial charge in [0.1, 0.15) is 13.2 Å². The predicted octanol–water partition coefficient (Wildman–Crippen LogP) is 1.80. The number of amides is 1. The molecule has 2 aromatic carbocycles. The van der Waals surface area contributed by atoms with E-state index < -0.39 is 20.9 Å². The third-order valence-corrected chi connectivity index (χ3v) is 10.0. The van der Waals surface area contributed by atoms with Crippen LogP contribution in [-0.2, 0) is 23.5 Å². The van der Waals surface area contributed by atoms with E-state index in [2.05, 4.69) is 74.6 Å². The molecule has 0 atom stereocenters. The molecule has 0 bridgehead atoms. The minimum absolute atomic E-state index is 0.0976. The van der Waals surface area contributed by atoms with Crippen LogP contribution >= 0.6 is 0 Å². The summed E-state index contributed by atoms with van der Waals surface area (Å²) < 4.78 is 17.1. The second-order valence-electron chi connectivity index (χ2n) is 8.36. The summed E-state index contributed by atoms with van der Waals surface area (Å²) in [4.78, 5) is 21.9. The topological polar surface area (TPSA) is 94.1 Å². The second kappa shape index (κ2) is 12.5. The summed E-state index contributed by atoms with van der Waals surface area (Å²) >= 11 is 0. The SMILES string of the molecule is CC(C)(C)[Si](OCCOCCNC(=O)COCC(=O)O)(c1ccccc1)c1ccccc1. The van der Waals surface area contributed by atoms with E-state index in [1.54, 1.807) is 0 Å². The number of aliphatic carboxylic acids is 1. The van der Waals surface area contributed by atoms with Gasteiger partial charge in [-0.05, 0) is 15.4 Å². The Kier molecular flexibility index (Phi) is 10.1. The van der Waals surface area contributed by atoms with Crippen molar-refractivity contribution >= 4 is 30.6 Å². The van der Waals surface area contributed by atoms with Crippen molar-refractivity contribution in [3.8, 4) is 0 Å². The summed E-state index contributed by atoms with van der Waals surface area (Å²) in [6.45, 7) is 7.36. The quantitative estimate of drug-likeness (QED) is 0.350. The van der Waals surface area contributed by atoms with Crippen molar-refractivity contribution in [3.63, 3.8) is 0 Å². The Morgan fingerprint density at radius 2 is 1.41 bits per heavy atom. The van der Waals surface area contributed by atoms with Crippen molar-refractivity contribution < 1.29 is 28.6 Å². The second-order valence-corrected chi connectivity index (χ2v) is 12.7. The minimum atomic E-state index is -2.57. The third-order valence-electron chi connectivity index (χ3n) is 4.99. The van der Waals surface area contributed by atoms with Gasteiger partial charge < -0.3 is 24.3 Å². The first kappa shape index (κ1) is 25.7. The molecule has 2 rings (SSSR count). The van der Waals surface area contributed by atoms with Crippen LogP contribution in [0, 0.1) is 0 Å². The molecular formula is C24H33NO6Si. The van der Waals surface area contributed by atoms with Crippen LogP contribution in [0.3, 0.4) is 0 Å². The molecule has 2 aromatic rings. The van der Waals surface area contributed by atoms with Crippen molar-refractivity contribution in [2.45, 2.75) is 25.8 Å². The van der Waals surface area contributed by atoms with Crippen LogP contribution in [0.2, 0.25) is 5.04 Å². The number of hydrogen-bond donors (Lipinski definition) is 2. The van der Waals surface area contributed by atoms with E-state index in [1.165, 1.54) is 10.4 Å². The predicted molar refractivity (Wildman–Crippen MR) is 126 cm³/mol. The first-order chi connectivity index (χ1) is 15.3. The van der Waals surface area contributed by atoms with Gasteiger partial charge in [0.2, 0.25) is 5.91 Å². The van der Waals surface area contributed by atoms with Gasteiger partial charge in [-0.25, -0.2) is 4.79 Å². The van der Waals surface area contributed by atoms with Crippen molar-refractivity contribution in [1.82, 2.24) is 5.32 Å². The van der Waals surface area contributed by atoms with E-state index in [1.807, 2.05) is 12.1 Å². The maximum absolute atomic E-state index is 11.6. The first-order valence-corrected chi connectivity index (χ1v) is 12.6. The number of carbonyl (C=O) groups is 2. The van der Waals surface area contributed by atoms with Gasteiger partial charge in [0, 0.05) is 6.54 Å². The van der Waals surface area contributed by atoms with Crippen LogP contribution in [0.1, 0.15) is 20.8 Å². The number of ether oxygens (including phenoxy) is 2. The van der Waals surface area contributed by atoms with E-state index in [-0.39, 0.29) is 17.6 Å². The summed E-state index contributed by atoms with van der Waals surface area (Å²) in [6.07, 6.45) is 0. The zero-order valence-corrected chi connectivity index (χ0v) is 20.0. The molecule has 0 fully saturated rings. The molecule has 0 heterocycles. The van der Waals surface area contributed by atoms with Gasteiger partial charge >= 0.3 is 5.97 Å². The summed E-state index contributed by atoms with van der Waals surface area (Å²) in [7, 11) is -2.57. The lowest BCUT2D eigenvalue weighted by Crippen LogP contribution is -2.66. The molecule has 0 saturated carbocycles. The molecule has 0 radical (unpaired) electrons. The van der Waals surface area contributed by atoms with E-state index in [0.717, 1.165) is 0 Å². The zero-order chi connectivity index (χ0) is 23.5. The molecule has 0 aliphatic rings. The van der Waals surface area contributed by atoms with E-state index in [4.69, 9.17) is 19.0 Å². The van der Waals surface area contributed by atoms with Crippen LogP contribution in [0.15, 0.2) is 60.7 Å². The minimum Gasteiger partial charge on any atom is -0.480 e. The van der Waals surface area contributed by atoms with Crippen molar-refractivity contribution in [1.29, 1.82) is 0 Å². The van der Waals surface area contributed by atoms with Crippen molar-refractivity contribution in [3.05, 3.63) is 60.7 Å². The summed E-state index contributed by atoms with van der Waals surface area (Å²) in [5.41, 5.74) is 0. The summed E-state index contributed by atoms with van der Waals surface area (Å²) in [6, 6.07) is 20.8. The first-order valence-electron chi connectivity index (χ1n) is 10.7. The Morgan fingerprint density at radius 3 is 1.91 bits per heavy atom. The number of carbonyl (C=O) groups excluding carboxylic acids is 1. The molecule has 0 saturated heterocycles. The van der Waals surface area contributed by atoms with Gasteiger partial charge in [-0.1, -0.05) is 81.4 Å². The maximum Gasteiger partial charge on any atom is 0.329 e. The van der Waals surface area contributed by atoms with Gasteiger partial charge in [-0.15, -0.1) is 0 Å². The number of hydrogen-bond acceptors (Lipinski definition) is 5. The highest BCUT2D eigenvalue weighted by atomic mass is 28.4. The van der Waals surface area contributed by atoms with Gasteiger partial charge in [-0.2, -0.15) is 0 Å². The van der Waals surface area contributed by atoms with Crippen molar-refractivity contribution in [2.75, 3.05) is 39.6 Å². The normalized spacial score (nSPS) is 11.8. The Balaban J connectivity index is 1.92. The molecule has 0 aliphatic carbocycles. The number of carboxylic acid groups (broad SMARTS) is 1. The molecule has 2 N–H and O–H groups in total. The van der Waals surface area contributed by atoms with Crippen molar-refractivity contribution in [2.24, 2.45) is 0 Å². The van der Waals surface area contributed by atoms with Crippen LogP contribution < -0.4 is 15.7 Å². The van der Waals surface area contributed by atoms with E-state index >= 15 is 0 Å². The molecule has 0 aromatic heterocycles. The Labute approximate surface area is 190 Å². The highest BCUT2D eigenvalue weighted by Crippen LogP contribution is 2.36. The van der Waals surface area contributed by atoms with Gasteiger partial charge in [0.05, 0.1) is 19.8 Å². The molecule has 0 aliphatic heterocycles. The smallest absolute Gasteiger partial charge is 0.329 e. The highest BCUT2D eigenvalue weighted by Gasteiger charge is 2.49. The molecule has 0 unspecified atom stereocenters. The average Bonchev–Trinajstić information content (AvgIpc) is 2.76. The monoisotopic (exact) mass is 459 g/mol. The van der Waals surface area contributed by atoms with Crippen LogP contribution in [0.25, 0.3) is 0 Å². The summed E-state index contributed by atoms with van der Waals surface area (Å²) in [5.74, 6) is -1.49. The molecule has 1 amide bonds. The Hall–Kier alpha value is -2.52. The average molecular weight is 460 g/mol. The number of rotatable bonds is 13. The Morgan fingerprint density at radius 1 is 0.844 bits per heavy atom. The van der Waals surface area contributed by atoms with Crippen LogP contribution in [-0.4, -0.2) is 64.9 Å². The third kappa shape index (κ3) is 7.27. The van der Waals surface area contributed by atoms with Crippen LogP contribution in [0.5, 0.6) is 0 Å². The summed E-state index contributed by atoms with van der Waals surface area (Å²) in [5, 5.41) is 13.4. The lowest BCUT2D eigenvalue weighted by Gasteiger charge is -2.43. The fourth-order valence-electron chi connectivity index (χ4n) is 3.66. The standard InChI is InChI=1S/C24H33NO6Si/c1-24(2,3)32(20-10-6-4-7-11-20,21-12-8-5-9-13-21)31-17-16-29-15-14-25-22(26)18-30-19-23(27)28/h4-13H,14-19H2,1-3H3,(H,25,26)(H,27,28). The molecule has 8 heteroatoms. The molecule has 174 valence electrons. The molecule has 7 nitrogen and oxygen atoms in total. The lowest BCUT2D eigenvalue weighted by molar-refractivity contribution is -0.143. The molecular weight excluding hydrogens is 426 g/mol. The van der Waals surface area contributed by atoms with Gasteiger partial charge in [0.25, 0.3) is 8.32 Å². The molecule has 0 spiro atoms. The molecule has 32 heavy (non-hydrogen) atoms. The number of carboxylic acids is 1. The fourth-order valence-corrected chi connectivity index (χ4v) is 8.21. The number of benzene rings is 2. The Bertz CT molecular complexity index is 799. The fraction of sp³-hybridized carbons (Fsp3) is 0.417. The highest BCUT2D eigenvalue weighted by molar-refractivity contribution is 6.99. The zero-order valence-electron chi connectivity index (χ0n) is 19.0. The van der Waals surface area contributed by atoms with E-state index in [0.29, 0.717) is 26.4 Å². The van der Waals surface area contributed by atoms with Gasteiger partial charge in [-0.3, -0.25) is 4.79 Å². The van der Waals surface area contributed by atoms with E-state index in [9.17, 15) is 9.59 Å². The van der Waals surface area contributed by atoms with Crippen LogP contribution in [0.4, 0.5) is 0 Å². The maximum atomic E-state index is 11.6. The lowest BCUT2D eigenvalue weighted by atomic mass is 10.2. The number of nitrogens with one attached hydrogen (secondary N) is 1. The largest absolute Gasteiger partial charge is 0.480 e. The van der Waals surface area contributed by atoms with Gasteiger partial charge in [0.15, 0.2) is 0 Å².